The topological polar surface area (TPSA) is 84.6 Å². The van der Waals surface area contributed by atoms with Crippen LogP contribution in [0.2, 0.25) is 0 Å². The van der Waals surface area contributed by atoms with Crippen LogP contribution in [0.4, 0.5) is 17.6 Å². The molecule has 202 valence electrons. The highest BCUT2D eigenvalue weighted by atomic mass is 19.4. The summed E-state index contributed by atoms with van der Waals surface area (Å²) in [5.41, 5.74) is 1.93. The van der Waals surface area contributed by atoms with Crippen LogP contribution in [0.5, 0.6) is 5.75 Å². The lowest BCUT2D eigenvalue weighted by Crippen LogP contribution is -2.48. The molecule has 1 aliphatic heterocycles. The van der Waals surface area contributed by atoms with E-state index < -0.39 is 18.6 Å². The molecule has 0 aliphatic carbocycles. The highest BCUT2D eigenvalue weighted by Gasteiger charge is 2.28. The highest BCUT2D eigenvalue weighted by molar-refractivity contribution is 5.94. The number of hydrogen-bond donors (Lipinski definition) is 0. The standard InChI is InChI=1S/C27H23F4N5O3/c28-22-4-2-1-3-21(22)24-33-25(39-34-24)23-10-7-19(15-32-23)26(37)36-13-11-35(12-14-36)16-18-5-8-20(9-6-18)38-17-27(29,30)31/h1-10,15H,11-14,16-17H2. The number of carbonyl (C=O) groups is 1. The molecule has 0 atom stereocenters. The van der Waals surface area contributed by atoms with Crippen molar-refractivity contribution in [3.8, 4) is 28.7 Å². The number of pyridine rings is 1. The Balaban J connectivity index is 1.13. The largest absolute Gasteiger partial charge is 0.484 e. The Bertz CT molecular complexity index is 1420. The second-order valence-corrected chi connectivity index (χ2v) is 8.95. The minimum Gasteiger partial charge on any atom is -0.484 e. The molecule has 8 nitrogen and oxygen atoms in total. The van der Waals surface area contributed by atoms with Crippen LogP contribution in [-0.4, -0.2) is 69.8 Å². The molecule has 0 radical (unpaired) electrons. The maximum absolute atomic E-state index is 14.0. The van der Waals surface area contributed by atoms with E-state index in [9.17, 15) is 22.4 Å². The molecular weight excluding hydrogens is 518 g/mol. The summed E-state index contributed by atoms with van der Waals surface area (Å²) < 4.78 is 60.9. The van der Waals surface area contributed by atoms with Crippen LogP contribution >= 0.6 is 0 Å². The Hall–Kier alpha value is -4.32. The van der Waals surface area contributed by atoms with Gasteiger partial charge in [0.15, 0.2) is 6.61 Å². The normalized spacial score (nSPS) is 14.4. The smallest absolute Gasteiger partial charge is 0.422 e. The van der Waals surface area contributed by atoms with Crippen LogP contribution in [0.3, 0.4) is 0 Å². The maximum Gasteiger partial charge on any atom is 0.422 e. The fourth-order valence-electron chi connectivity index (χ4n) is 4.13. The van der Waals surface area contributed by atoms with E-state index in [0.29, 0.717) is 44.0 Å². The predicted molar refractivity (Wildman–Crippen MR) is 132 cm³/mol. The van der Waals surface area contributed by atoms with E-state index >= 15 is 0 Å². The van der Waals surface area contributed by atoms with Gasteiger partial charge in [0.1, 0.15) is 17.3 Å². The number of piperazine rings is 1. The number of benzene rings is 2. The third-order valence-corrected chi connectivity index (χ3v) is 6.16. The number of ether oxygens (including phenoxy) is 1. The SMILES string of the molecule is O=C(c1ccc(-c2nc(-c3ccccc3F)no2)nc1)N1CCN(Cc2ccc(OCC(F)(F)F)cc2)CC1. The van der Waals surface area contributed by atoms with Crippen LogP contribution in [-0.2, 0) is 6.54 Å². The molecule has 5 rings (SSSR count). The molecule has 1 saturated heterocycles. The maximum atomic E-state index is 14.0. The quantitative estimate of drug-likeness (QED) is 0.310. The third kappa shape index (κ3) is 6.58. The molecule has 0 bridgehead atoms. The number of alkyl halides is 3. The number of hydrogen-bond acceptors (Lipinski definition) is 7. The lowest BCUT2D eigenvalue weighted by Gasteiger charge is -2.34. The first-order chi connectivity index (χ1) is 18.7. The molecule has 0 spiro atoms. The van der Waals surface area contributed by atoms with E-state index in [0.717, 1.165) is 5.56 Å². The number of aromatic nitrogens is 3. The first-order valence-electron chi connectivity index (χ1n) is 12.1. The summed E-state index contributed by atoms with van der Waals surface area (Å²) in [5.74, 6) is -0.242. The van der Waals surface area contributed by atoms with Crippen LogP contribution in [0.25, 0.3) is 23.0 Å². The molecule has 1 aliphatic rings. The zero-order valence-corrected chi connectivity index (χ0v) is 20.6. The van der Waals surface area contributed by atoms with E-state index in [1.165, 1.54) is 24.4 Å². The molecule has 1 amide bonds. The molecule has 0 unspecified atom stereocenters. The molecule has 1 fully saturated rings. The molecule has 4 aromatic rings. The minimum absolute atomic E-state index is 0.105. The van der Waals surface area contributed by atoms with Gasteiger partial charge < -0.3 is 14.2 Å². The number of rotatable bonds is 7. The number of halogens is 4. The van der Waals surface area contributed by atoms with Crippen molar-refractivity contribution in [2.75, 3.05) is 32.8 Å². The van der Waals surface area contributed by atoms with Crippen molar-refractivity contribution in [3.63, 3.8) is 0 Å². The van der Waals surface area contributed by atoms with Crippen molar-refractivity contribution >= 4 is 5.91 Å². The van der Waals surface area contributed by atoms with Crippen molar-refractivity contribution in [1.29, 1.82) is 0 Å². The van der Waals surface area contributed by atoms with Crippen molar-refractivity contribution in [3.05, 3.63) is 83.8 Å². The number of nitrogens with zero attached hydrogens (tertiary/aromatic N) is 5. The van der Waals surface area contributed by atoms with Crippen LogP contribution in [0.1, 0.15) is 15.9 Å². The first-order valence-corrected chi connectivity index (χ1v) is 12.1. The zero-order valence-electron chi connectivity index (χ0n) is 20.6. The minimum atomic E-state index is -4.38. The summed E-state index contributed by atoms with van der Waals surface area (Å²) in [6, 6.07) is 15.8. The van der Waals surface area contributed by atoms with Crippen LogP contribution in [0.15, 0.2) is 71.4 Å². The van der Waals surface area contributed by atoms with Gasteiger partial charge in [-0.15, -0.1) is 0 Å². The Morgan fingerprint density at radius 1 is 0.974 bits per heavy atom. The monoisotopic (exact) mass is 541 g/mol. The van der Waals surface area contributed by atoms with Gasteiger partial charge in [-0.2, -0.15) is 18.2 Å². The fraction of sp³-hybridized carbons (Fsp3) is 0.259. The number of amides is 1. The molecular formula is C27H23F4N5O3. The van der Waals surface area contributed by atoms with Crippen molar-refractivity contribution in [2.24, 2.45) is 0 Å². The lowest BCUT2D eigenvalue weighted by atomic mass is 10.1. The second kappa shape index (κ2) is 11.2. The molecule has 3 heterocycles. The van der Waals surface area contributed by atoms with Crippen molar-refractivity contribution in [2.45, 2.75) is 12.7 Å². The first kappa shape index (κ1) is 26.3. The van der Waals surface area contributed by atoms with Gasteiger partial charge >= 0.3 is 6.18 Å². The Morgan fingerprint density at radius 2 is 1.72 bits per heavy atom. The Kier molecular flexibility index (Phi) is 7.55. The van der Waals surface area contributed by atoms with Gasteiger partial charge in [-0.1, -0.05) is 29.4 Å². The summed E-state index contributed by atoms with van der Waals surface area (Å²) in [7, 11) is 0. The Morgan fingerprint density at radius 3 is 2.38 bits per heavy atom. The molecule has 0 N–H and O–H groups in total. The van der Waals surface area contributed by atoms with Gasteiger partial charge in [0.25, 0.3) is 11.8 Å². The predicted octanol–water partition coefficient (Wildman–Crippen LogP) is 4.84. The van der Waals surface area contributed by atoms with E-state index in [-0.39, 0.29) is 28.9 Å². The third-order valence-electron chi connectivity index (χ3n) is 6.16. The van der Waals surface area contributed by atoms with Gasteiger partial charge in [-0.25, -0.2) is 4.39 Å². The van der Waals surface area contributed by atoms with E-state index in [2.05, 4.69) is 20.0 Å². The number of carbonyl (C=O) groups excluding carboxylic acids is 1. The van der Waals surface area contributed by atoms with Crippen molar-refractivity contribution in [1.82, 2.24) is 24.9 Å². The average molecular weight is 542 g/mol. The van der Waals surface area contributed by atoms with Gasteiger partial charge in [-0.05, 0) is 42.0 Å². The van der Waals surface area contributed by atoms with Crippen molar-refractivity contribution < 1.29 is 31.6 Å². The van der Waals surface area contributed by atoms with Gasteiger partial charge in [0.2, 0.25) is 5.82 Å². The van der Waals surface area contributed by atoms with E-state index in [4.69, 9.17) is 9.26 Å². The molecule has 2 aromatic heterocycles. The summed E-state index contributed by atoms with van der Waals surface area (Å²) >= 11 is 0. The summed E-state index contributed by atoms with van der Waals surface area (Å²) in [5, 5.41) is 3.82. The second-order valence-electron chi connectivity index (χ2n) is 8.95. The molecule has 0 saturated carbocycles. The van der Waals surface area contributed by atoms with Gasteiger partial charge in [0.05, 0.1) is 11.1 Å². The fourth-order valence-corrected chi connectivity index (χ4v) is 4.13. The molecule has 12 heteroatoms. The lowest BCUT2D eigenvalue weighted by molar-refractivity contribution is -0.153. The van der Waals surface area contributed by atoms with Gasteiger partial charge in [-0.3, -0.25) is 14.7 Å². The average Bonchev–Trinajstić information content (AvgIpc) is 3.43. The summed E-state index contributed by atoms with van der Waals surface area (Å²) in [6.07, 6.45) is -2.93. The zero-order chi connectivity index (χ0) is 27.4. The van der Waals surface area contributed by atoms with Gasteiger partial charge in [0, 0.05) is 38.9 Å². The Labute approximate surface area is 220 Å². The highest BCUT2D eigenvalue weighted by Crippen LogP contribution is 2.24. The van der Waals surface area contributed by atoms with Crippen LogP contribution < -0.4 is 4.74 Å². The summed E-state index contributed by atoms with van der Waals surface area (Å²) in [4.78, 5) is 25.4. The van der Waals surface area contributed by atoms with E-state index in [1.54, 1.807) is 47.4 Å². The molecule has 2 aromatic carbocycles. The van der Waals surface area contributed by atoms with E-state index in [1.807, 2.05) is 0 Å². The summed E-state index contributed by atoms with van der Waals surface area (Å²) in [6.45, 7) is 1.60. The molecule has 39 heavy (non-hydrogen) atoms. The van der Waals surface area contributed by atoms with Crippen LogP contribution in [0, 0.1) is 5.82 Å².